The third-order valence-corrected chi connectivity index (χ3v) is 8.89. The number of carbonyl (C=O) groups is 1. The van der Waals surface area contributed by atoms with Crippen molar-refractivity contribution in [2.24, 2.45) is 17.8 Å². The van der Waals surface area contributed by atoms with Gasteiger partial charge < -0.3 is 19.9 Å². The molecule has 3 aliphatic carbocycles. The summed E-state index contributed by atoms with van der Waals surface area (Å²) in [6.07, 6.45) is 8.74. The Bertz CT molecular complexity index is 1160. The number of benzene rings is 2. The van der Waals surface area contributed by atoms with Gasteiger partial charge in [0.15, 0.2) is 5.76 Å². The highest BCUT2D eigenvalue weighted by atomic mass is 16.7. The van der Waals surface area contributed by atoms with Crippen LogP contribution >= 0.6 is 0 Å². The molecule has 2 N–H and O–H groups in total. The van der Waals surface area contributed by atoms with Crippen LogP contribution in [-0.2, 0) is 20.7 Å². The lowest BCUT2D eigenvalue weighted by Crippen LogP contribution is -2.43. The topological polar surface area (TPSA) is 67.8 Å². The van der Waals surface area contributed by atoms with E-state index in [-0.39, 0.29) is 30.4 Å². The van der Waals surface area contributed by atoms with Crippen LogP contribution in [0.2, 0.25) is 0 Å². The zero-order chi connectivity index (χ0) is 24.6. The molecule has 0 radical (unpaired) electrons. The summed E-state index contributed by atoms with van der Waals surface area (Å²) in [6.45, 7) is 2.60. The average Bonchev–Trinajstić information content (AvgIpc) is 3.61. The van der Waals surface area contributed by atoms with Gasteiger partial charge in [0.25, 0.3) is 5.91 Å². The molecule has 0 aromatic heterocycles. The molecular formula is C31H37NO4. The lowest BCUT2D eigenvalue weighted by molar-refractivity contribution is -0.167. The lowest BCUT2D eigenvalue weighted by atomic mass is 9.79. The molecular weight excluding hydrogens is 450 g/mol. The van der Waals surface area contributed by atoms with E-state index in [0.29, 0.717) is 24.7 Å². The van der Waals surface area contributed by atoms with Crippen LogP contribution in [0.3, 0.4) is 0 Å². The number of hydrogen-bond acceptors (Lipinski definition) is 4. The van der Waals surface area contributed by atoms with Crippen molar-refractivity contribution in [1.29, 1.82) is 0 Å². The molecule has 5 nitrogen and oxygen atoms in total. The van der Waals surface area contributed by atoms with Gasteiger partial charge in [0.05, 0.1) is 0 Å². The number of rotatable bonds is 8. The van der Waals surface area contributed by atoms with Crippen LogP contribution in [0, 0.1) is 17.8 Å². The number of aliphatic hydroxyl groups is 1. The number of fused-ring (bicyclic) bond motifs is 5. The number of ether oxygens (including phenoxy) is 2. The second-order valence-corrected chi connectivity index (χ2v) is 11.0. The molecule has 2 saturated carbocycles. The summed E-state index contributed by atoms with van der Waals surface area (Å²) in [5.41, 5.74) is 6.49. The summed E-state index contributed by atoms with van der Waals surface area (Å²) in [4.78, 5) is 13.4. The Hall–Kier alpha value is -2.63. The molecule has 6 rings (SSSR count). The van der Waals surface area contributed by atoms with E-state index < -0.39 is 6.29 Å². The minimum absolute atomic E-state index is 0.0170. The van der Waals surface area contributed by atoms with Gasteiger partial charge in [-0.15, -0.1) is 0 Å². The fourth-order valence-electron chi connectivity index (χ4n) is 7.18. The van der Waals surface area contributed by atoms with Crippen LogP contribution in [0.25, 0.3) is 11.1 Å². The summed E-state index contributed by atoms with van der Waals surface area (Å²) in [7, 11) is 0. The number of carbonyl (C=O) groups excluding carboxylic acids is 1. The maximum Gasteiger partial charge on any atom is 0.286 e. The van der Waals surface area contributed by atoms with Gasteiger partial charge in [0.1, 0.15) is 0 Å². The molecule has 2 aromatic carbocycles. The molecule has 6 atom stereocenters. The van der Waals surface area contributed by atoms with Crippen molar-refractivity contribution in [3.8, 4) is 11.1 Å². The van der Waals surface area contributed by atoms with E-state index in [2.05, 4.69) is 47.8 Å². The van der Waals surface area contributed by atoms with Gasteiger partial charge in [-0.1, -0.05) is 48.9 Å². The van der Waals surface area contributed by atoms with E-state index in [1.807, 2.05) is 13.0 Å². The minimum Gasteiger partial charge on any atom is -0.459 e. The normalized spacial score (nSPS) is 29.9. The van der Waals surface area contributed by atoms with Crippen molar-refractivity contribution in [1.82, 2.24) is 5.32 Å². The van der Waals surface area contributed by atoms with Crippen LogP contribution < -0.4 is 5.32 Å². The highest BCUT2D eigenvalue weighted by Crippen LogP contribution is 2.45. The molecule has 2 bridgehead atoms. The summed E-state index contributed by atoms with van der Waals surface area (Å²) in [6, 6.07) is 15.6. The highest BCUT2D eigenvalue weighted by Gasteiger charge is 2.42. The number of nitrogens with one attached hydrogen (secondary N) is 1. The maximum atomic E-state index is 13.4. The van der Waals surface area contributed by atoms with E-state index >= 15 is 0 Å². The van der Waals surface area contributed by atoms with Crippen LogP contribution in [0.5, 0.6) is 0 Å². The van der Waals surface area contributed by atoms with Gasteiger partial charge in [0.2, 0.25) is 6.29 Å². The molecule has 0 spiro atoms. The molecule has 2 aromatic rings. The molecule has 5 heteroatoms. The van der Waals surface area contributed by atoms with E-state index in [4.69, 9.17) is 9.47 Å². The molecule has 0 saturated heterocycles. The fraction of sp³-hybridized carbons (Fsp3) is 0.516. The largest absolute Gasteiger partial charge is 0.459 e. The molecule has 4 aliphatic rings. The molecule has 1 aliphatic heterocycles. The first-order valence-corrected chi connectivity index (χ1v) is 13.8. The third kappa shape index (κ3) is 4.37. The lowest BCUT2D eigenvalue weighted by Gasteiger charge is -2.37. The smallest absolute Gasteiger partial charge is 0.286 e. The number of allylic oxidation sites excluding steroid dienone is 1. The predicted octanol–water partition coefficient (Wildman–Crippen LogP) is 5.31. The van der Waals surface area contributed by atoms with Crippen molar-refractivity contribution in [3.63, 3.8) is 0 Å². The summed E-state index contributed by atoms with van der Waals surface area (Å²) in [5.74, 6) is 1.65. The number of amides is 1. The molecule has 36 heavy (non-hydrogen) atoms. The maximum absolute atomic E-state index is 13.4. The SMILES string of the molecule is CCO[C@@H]1OC(C(=O)NC2CC3CCC2C3)=C[C@H](c2ccc3c(c2)Cc2ccccc2-3)[C@H]1CCCO. The molecule has 1 heterocycles. The van der Waals surface area contributed by atoms with Crippen LogP contribution in [-0.4, -0.2) is 36.6 Å². The molecule has 190 valence electrons. The van der Waals surface area contributed by atoms with E-state index in [0.717, 1.165) is 25.2 Å². The van der Waals surface area contributed by atoms with E-state index in [1.54, 1.807) is 0 Å². The van der Waals surface area contributed by atoms with E-state index in [9.17, 15) is 9.90 Å². The van der Waals surface area contributed by atoms with E-state index in [1.165, 1.54) is 47.1 Å². The number of aliphatic hydroxyl groups excluding tert-OH is 1. The first kappa shape index (κ1) is 23.7. The molecule has 1 amide bonds. The highest BCUT2D eigenvalue weighted by molar-refractivity contribution is 5.92. The second kappa shape index (κ2) is 10.0. The van der Waals surface area contributed by atoms with Crippen LogP contribution in [0.4, 0.5) is 0 Å². The fourth-order valence-corrected chi connectivity index (χ4v) is 7.18. The third-order valence-electron chi connectivity index (χ3n) is 8.89. The first-order valence-electron chi connectivity index (χ1n) is 13.8. The van der Waals surface area contributed by atoms with Gasteiger partial charge in [-0.05, 0) is 91.2 Å². The zero-order valence-corrected chi connectivity index (χ0v) is 21.1. The van der Waals surface area contributed by atoms with Gasteiger partial charge in [0, 0.05) is 31.1 Å². The summed E-state index contributed by atoms with van der Waals surface area (Å²) in [5, 5.41) is 12.9. The van der Waals surface area contributed by atoms with Gasteiger partial charge in [-0.2, -0.15) is 0 Å². The molecule has 2 fully saturated rings. The van der Waals surface area contributed by atoms with Crippen molar-refractivity contribution in [2.75, 3.05) is 13.2 Å². The number of hydrogen-bond donors (Lipinski definition) is 2. The van der Waals surface area contributed by atoms with Crippen molar-refractivity contribution >= 4 is 5.91 Å². The van der Waals surface area contributed by atoms with Crippen molar-refractivity contribution in [3.05, 3.63) is 71.0 Å². The average molecular weight is 488 g/mol. The first-order chi connectivity index (χ1) is 17.6. The Morgan fingerprint density at radius 2 is 1.97 bits per heavy atom. The Labute approximate surface area is 213 Å². The minimum atomic E-state index is -0.511. The van der Waals surface area contributed by atoms with Crippen LogP contribution in [0.15, 0.2) is 54.3 Å². The standard InChI is InChI=1S/C31H37NO4/c1-2-35-31-26(8-5-13-33)27(18-29(36-31)30(34)32-28-15-19-9-10-22(28)14-19)21-11-12-25-23(17-21)16-20-6-3-4-7-24(20)25/h3-4,6-7,11-12,17-19,22,26-28,31,33H,2,5,8-10,13-16H2,1H3,(H,32,34)/t19?,22?,26-,27-,28?,31-/m1/s1. The van der Waals surface area contributed by atoms with Crippen molar-refractivity contribution < 1.29 is 19.4 Å². The zero-order valence-electron chi connectivity index (χ0n) is 21.1. The summed E-state index contributed by atoms with van der Waals surface area (Å²) < 4.78 is 12.3. The Morgan fingerprint density at radius 3 is 2.75 bits per heavy atom. The second-order valence-electron chi connectivity index (χ2n) is 11.0. The Balaban J connectivity index is 1.31. The van der Waals surface area contributed by atoms with Gasteiger partial charge >= 0.3 is 0 Å². The van der Waals surface area contributed by atoms with Gasteiger partial charge in [-0.25, -0.2) is 0 Å². The summed E-state index contributed by atoms with van der Waals surface area (Å²) >= 11 is 0. The van der Waals surface area contributed by atoms with Gasteiger partial charge in [-0.3, -0.25) is 4.79 Å². The quantitative estimate of drug-likeness (QED) is 0.452. The monoisotopic (exact) mass is 487 g/mol. The Morgan fingerprint density at radius 1 is 1.11 bits per heavy atom. The van der Waals surface area contributed by atoms with Crippen LogP contribution in [0.1, 0.15) is 68.1 Å². The van der Waals surface area contributed by atoms with Crippen molar-refractivity contribution in [2.45, 2.75) is 70.1 Å². The molecule has 3 unspecified atom stereocenters. The Kier molecular flexibility index (Phi) is 6.61. The predicted molar refractivity (Wildman–Crippen MR) is 139 cm³/mol.